The van der Waals surface area contributed by atoms with Crippen molar-refractivity contribution in [3.8, 4) is 0 Å². The number of pyridine rings is 1. The smallest absolute Gasteiger partial charge is 0.106 e. The third kappa shape index (κ3) is 3.35. The lowest BCUT2D eigenvalue weighted by Crippen LogP contribution is -1.73. The number of halogens is 1. The van der Waals surface area contributed by atoms with E-state index >= 15 is 0 Å². The summed E-state index contributed by atoms with van der Waals surface area (Å²) in [4.78, 5) is 12.0. The van der Waals surface area contributed by atoms with E-state index in [4.69, 9.17) is 4.79 Å². The van der Waals surface area contributed by atoms with Crippen LogP contribution in [-0.4, -0.2) is 11.8 Å². The standard InChI is InChI=1S/C6H6BrN.CH2O/c1-5-2-3-8-6(7)4-5;1-2/h2-4H,1H3;1H2. The molecule has 0 saturated heterocycles. The van der Waals surface area contributed by atoms with Crippen LogP contribution in [0.25, 0.3) is 0 Å². The highest BCUT2D eigenvalue weighted by atomic mass is 79.9. The molecule has 0 spiro atoms. The molecule has 0 unspecified atom stereocenters. The van der Waals surface area contributed by atoms with Gasteiger partial charge in [-0.25, -0.2) is 4.98 Å². The van der Waals surface area contributed by atoms with Crippen molar-refractivity contribution in [3.05, 3.63) is 28.5 Å². The van der Waals surface area contributed by atoms with Crippen LogP contribution in [0.5, 0.6) is 0 Å². The van der Waals surface area contributed by atoms with Gasteiger partial charge in [0.25, 0.3) is 0 Å². The van der Waals surface area contributed by atoms with Crippen molar-refractivity contribution in [1.29, 1.82) is 0 Å². The highest BCUT2D eigenvalue weighted by molar-refractivity contribution is 9.10. The fourth-order valence-electron chi connectivity index (χ4n) is 0.499. The fraction of sp³-hybridized carbons (Fsp3) is 0.143. The molecule has 1 aromatic heterocycles. The number of hydrogen-bond acceptors (Lipinski definition) is 2. The molecule has 0 aliphatic heterocycles. The van der Waals surface area contributed by atoms with Crippen LogP contribution in [0.15, 0.2) is 22.9 Å². The van der Waals surface area contributed by atoms with Gasteiger partial charge in [-0.2, -0.15) is 0 Å². The fourth-order valence-corrected chi connectivity index (χ4v) is 0.979. The zero-order valence-electron chi connectivity index (χ0n) is 5.67. The minimum atomic E-state index is 0.900. The molecular formula is C7H8BrNO. The summed E-state index contributed by atoms with van der Waals surface area (Å²) in [7, 11) is 0. The van der Waals surface area contributed by atoms with Gasteiger partial charge in [0.05, 0.1) is 0 Å². The molecule has 1 aromatic rings. The molecule has 0 aromatic carbocycles. The Morgan fingerprint density at radius 2 is 2.20 bits per heavy atom. The van der Waals surface area contributed by atoms with Gasteiger partial charge in [0, 0.05) is 6.20 Å². The summed E-state index contributed by atoms with van der Waals surface area (Å²) in [5, 5.41) is 0. The van der Waals surface area contributed by atoms with Crippen LogP contribution >= 0.6 is 15.9 Å². The van der Waals surface area contributed by atoms with Crippen LogP contribution in [0, 0.1) is 6.92 Å². The Morgan fingerprint density at radius 1 is 1.60 bits per heavy atom. The van der Waals surface area contributed by atoms with Gasteiger partial charge in [-0.3, -0.25) is 0 Å². The molecule has 10 heavy (non-hydrogen) atoms. The summed E-state index contributed by atoms with van der Waals surface area (Å²) >= 11 is 3.25. The molecule has 2 nitrogen and oxygen atoms in total. The number of hydrogen-bond donors (Lipinski definition) is 0. The molecule has 0 radical (unpaired) electrons. The first-order chi connectivity index (χ1) is 4.79. The van der Waals surface area contributed by atoms with E-state index in [2.05, 4.69) is 20.9 Å². The molecule has 0 fully saturated rings. The van der Waals surface area contributed by atoms with Crippen LogP contribution in [0.4, 0.5) is 0 Å². The van der Waals surface area contributed by atoms with Crippen LogP contribution in [0.3, 0.4) is 0 Å². The van der Waals surface area contributed by atoms with Gasteiger partial charge in [-0.1, -0.05) is 0 Å². The zero-order chi connectivity index (χ0) is 7.98. The Bertz CT molecular complexity index is 185. The topological polar surface area (TPSA) is 30.0 Å². The maximum atomic E-state index is 8.00. The maximum Gasteiger partial charge on any atom is 0.106 e. The van der Waals surface area contributed by atoms with Gasteiger partial charge in [-0.05, 0) is 40.5 Å². The number of rotatable bonds is 0. The lowest BCUT2D eigenvalue weighted by Gasteiger charge is -1.88. The van der Waals surface area contributed by atoms with Crippen LogP contribution < -0.4 is 0 Å². The molecule has 1 heterocycles. The number of aromatic nitrogens is 1. The highest BCUT2D eigenvalue weighted by Gasteiger charge is 1.83. The third-order valence-corrected chi connectivity index (χ3v) is 1.32. The average molecular weight is 202 g/mol. The second-order valence-corrected chi connectivity index (χ2v) is 2.47. The van der Waals surface area contributed by atoms with Crippen molar-refractivity contribution >= 4 is 22.7 Å². The Morgan fingerprint density at radius 3 is 2.50 bits per heavy atom. The SMILES string of the molecule is C=O.Cc1ccnc(Br)c1. The van der Waals surface area contributed by atoms with E-state index in [-0.39, 0.29) is 0 Å². The summed E-state index contributed by atoms with van der Waals surface area (Å²) in [6.07, 6.45) is 1.78. The summed E-state index contributed by atoms with van der Waals surface area (Å²) in [5.74, 6) is 0. The largest absolute Gasteiger partial charge is 0.307 e. The molecule has 0 aliphatic carbocycles. The normalized spacial score (nSPS) is 7.80. The average Bonchev–Trinajstić information content (AvgIpc) is 1.91. The summed E-state index contributed by atoms with van der Waals surface area (Å²) < 4.78 is 0.900. The van der Waals surface area contributed by atoms with E-state index in [1.54, 1.807) is 6.20 Å². The molecule has 0 saturated carbocycles. The van der Waals surface area contributed by atoms with Gasteiger partial charge in [0.1, 0.15) is 11.4 Å². The molecule has 0 atom stereocenters. The van der Waals surface area contributed by atoms with Crippen LogP contribution in [-0.2, 0) is 4.79 Å². The maximum absolute atomic E-state index is 8.00. The molecule has 0 amide bonds. The van der Waals surface area contributed by atoms with Crippen molar-refractivity contribution in [3.63, 3.8) is 0 Å². The summed E-state index contributed by atoms with van der Waals surface area (Å²) in [5.41, 5.74) is 1.23. The molecular weight excluding hydrogens is 194 g/mol. The lowest BCUT2D eigenvalue weighted by molar-refractivity contribution is -0.0979. The van der Waals surface area contributed by atoms with Gasteiger partial charge < -0.3 is 4.79 Å². The first-order valence-electron chi connectivity index (χ1n) is 2.66. The predicted octanol–water partition coefficient (Wildman–Crippen LogP) is 1.97. The van der Waals surface area contributed by atoms with Gasteiger partial charge >= 0.3 is 0 Å². The molecule has 3 heteroatoms. The monoisotopic (exact) mass is 201 g/mol. The molecule has 0 bridgehead atoms. The van der Waals surface area contributed by atoms with E-state index in [1.807, 2.05) is 25.8 Å². The highest BCUT2D eigenvalue weighted by Crippen LogP contribution is 2.05. The first-order valence-corrected chi connectivity index (χ1v) is 3.45. The Labute approximate surface area is 68.4 Å². The predicted molar refractivity (Wildman–Crippen MR) is 43.8 cm³/mol. The minimum Gasteiger partial charge on any atom is -0.307 e. The van der Waals surface area contributed by atoms with Gasteiger partial charge in [0.2, 0.25) is 0 Å². The second kappa shape index (κ2) is 5.11. The van der Waals surface area contributed by atoms with E-state index in [1.165, 1.54) is 5.56 Å². The summed E-state index contributed by atoms with van der Waals surface area (Å²) in [6, 6.07) is 3.94. The first kappa shape index (κ1) is 9.30. The van der Waals surface area contributed by atoms with Crippen molar-refractivity contribution in [1.82, 2.24) is 4.98 Å². The van der Waals surface area contributed by atoms with E-state index in [0.717, 1.165) is 4.60 Å². The molecule has 54 valence electrons. The number of nitrogens with zero attached hydrogens (tertiary/aromatic N) is 1. The van der Waals surface area contributed by atoms with Crippen LogP contribution in [0.2, 0.25) is 0 Å². The Kier molecular flexibility index (Phi) is 4.76. The number of carbonyl (C=O) groups excluding carboxylic acids is 1. The zero-order valence-corrected chi connectivity index (χ0v) is 7.26. The third-order valence-electron chi connectivity index (χ3n) is 0.882. The van der Waals surface area contributed by atoms with E-state index in [9.17, 15) is 0 Å². The summed E-state index contributed by atoms with van der Waals surface area (Å²) in [6.45, 7) is 4.03. The minimum absolute atomic E-state index is 0.900. The second-order valence-electron chi connectivity index (χ2n) is 1.66. The van der Waals surface area contributed by atoms with E-state index < -0.39 is 0 Å². The number of carbonyl (C=O) groups is 1. The van der Waals surface area contributed by atoms with Crippen molar-refractivity contribution in [2.24, 2.45) is 0 Å². The Balaban J connectivity index is 0.000000371. The Hall–Kier alpha value is -0.700. The van der Waals surface area contributed by atoms with Crippen molar-refractivity contribution < 1.29 is 4.79 Å². The quantitative estimate of drug-likeness (QED) is 0.602. The van der Waals surface area contributed by atoms with E-state index in [0.29, 0.717) is 0 Å². The molecule has 0 aliphatic rings. The number of aryl methyl sites for hydroxylation is 1. The van der Waals surface area contributed by atoms with Crippen molar-refractivity contribution in [2.45, 2.75) is 6.92 Å². The van der Waals surface area contributed by atoms with Gasteiger partial charge in [0.15, 0.2) is 0 Å². The molecule has 1 rings (SSSR count). The van der Waals surface area contributed by atoms with Gasteiger partial charge in [-0.15, -0.1) is 0 Å². The lowest BCUT2D eigenvalue weighted by atomic mass is 10.3. The van der Waals surface area contributed by atoms with Crippen molar-refractivity contribution in [2.75, 3.05) is 0 Å². The molecule has 0 N–H and O–H groups in total. The van der Waals surface area contributed by atoms with Crippen LogP contribution in [0.1, 0.15) is 5.56 Å².